The van der Waals surface area contributed by atoms with Crippen molar-refractivity contribution >= 4 is 17.5 Å². The highest BCUT2D eigenvalue weighted by molar-refractivity contribution is 6.05. The number of ether oxygens (including phenoxy) is 1. The minimum atomic E-state index is -0.943. The molecular weight excluding hydrogens is 382 g/mol. The summed E-state index contributed by atoms with van der Waals surface area (Å²) in [5, 5.41) is 4.31. The highest BCUT2D eigenvalue weighted by Gasteiger charge is 2.25. The Morgan fingerprint density at radius 1 is 1.17 bits per heavy atom. The van der Waals surface area contributed by atoms with Crippen LogP contribution in [0.2, 0.25) is 0 Å². The summed E-state index contributed by atoms with van der Waals surface area (Å²) in [4.78, 5) is 39.6. The van der Waals surface area contributed by atoms with Gasteiger partial charge in [0.05, 0.1) is 17.6 Å². The number of rotatable bonds is 8. The molecule has 3 rings (SSSR count). The number of aromatic nitrogens is 3. The number of Topliss-reactive ketones (excluding diaryl/α,β-unsaturated/α-hetero) is 2. The van der Waals surface area contributed by atoms with Gasteiger partial charge in [-0.05, 0) is 57.4 Å². The van der Waals surface area contributed by atoms with Gasteiger partial charge in [0, 0.05) is 23.9 Å². The van der Waals surface area contributed by atoms with Crippen molar-refractivity contribution in [2.75, 3.05) is 0 Å². The van der Waals surface area contributed by atoms with E-state index in [4.69, 9.17) is 4.74 Å². The van der Waals surface area contributed by atoms with Gasteiger partial charge in [-0.1, -0.05) is 18.2 Å². The fourth-order valence-electron chi connectivity index (χ4n) is 3.49. The normalized spacial score (nSPS) is 11.9. The minimum Gasteiger partial charge on any atom is -0.454 e. The summed E-state index contributed by atoms with van der Waals surface area (Å²) in [6, 6.07) is 9.68. The molecule has 156 valence electrons. The number of H-pyrrole nitrogens is 1. The fraction of sp³-hybridized carbons (Fsp3) is 0.304. The molecule has 0 fully saturated rings. The van der Waals surface area contributed by atoms with Crippen molar-refractivity contribution < 1.29 is 19.1 Å². The second-order valence-electron chi connectivity index (χ2n) is 7.31. The maximum atomic E-state index is 12.7. The molecule has 0 aliphatic rings. The van der Waals surface area contributed by atoms with Gasteiger partial charge in [-0.2, -0.15) is 5.10 Å². The predicted molar refractivity (Wildman–Crippen MR) is 112 cm³/mol. The van der Waals surface area contributed by atoms with Gasteiger partial charge in [0.1, 0.15) is 0 Å². The zero-order valence-corrected chi connectivity index (χ0v) is 17.6. The Bertz CT molecular complexity index is 1080. The number of aryl methyl sites for hydroxylation is 2. The molecule has 2 aromatic heterocycles. The molecule has 0 saturated carbocycles. The lowest BCUT2D eigenvalue weighted by molar-refractivity contribution is -0.146. The summed E-state index contributed by atoms with van der Waals surface area (Å²) in [7, 11) is 0. The molecule has 2 heterocycles. The summed E-state index contributed by atoms with van der Waals surface area (Å²) in [5.74, 6) is -0.926. The molecule has 30 heavy (non-hydrogen) atoms. The number of para-hydroxylation sites is 1. The molecule has 0 aliphatic carbocycles. The molecular formula is C23H25N3O4. The fourth-order valence-corrected chi connectivity index (χ4v) is 3.49. The Morgan fingerprint density at radius 2 is 1.87 bits per heavy atom. The van der Waals surface area contributed by atoms with E-state index in [1.807, 2.05) is 36.5 Å². The molecule has 0 radical (unpaired) electrons. The molecule has 0 saturated heterocycles. The van der Waals surface area contributed by atoms with Gasteiger partial charge in [0.2, 0.25) is 5.78 Å². The average Bonchev–Trinajstić information content (AvgIpc) is 3.30. The predicted octanol–water partition coefficient (Wildman–Crippen LogP) is 3.77. The second kappa shape index (κ2) is 8.90. The number of aromatic amines is 1. The number of ketones is 2. The molecule has 1 atom stereocenters. The quantitative estimate of drug-likeness (QED) is 0.453. The van der Waals surface area contributed by atoms with Crippen molar-refractivity contribution in [3.63, 3.8) is 0 Å². The van der Waals surface area contributed by atoms with E-state index in [0.717, 1.165) is 11.3 Å². The van der Waals surface area contributed by atoms with Gasteiger partial charge < -0.3 is 9.72 Å². The van der Waals surface area contributed by atoms with Crippen molar-refractivity contribution in [3.05, 3.63) is 70.8 Å². The van der Waals surface area contributed by atoms with E-state index in [1.165, 1.54) is 13.8 Å². The molecule has 0 spiro atoms. The number of nitrogens with zero attached hydrogens (tertiary/aromatic N) is 2. The second-order valence-corrected chi connectivity index (χ2v) is 7.31. The van der Waals surface area contributed by atoms with Crippen LogP contribution in [0.4, 0.5) is 0 Å². The molecule has 0 bridgehead atoms. The van der Waals surface area contributed by atoms with E-state index in [9.17, 15) is 14.4 Å². The van der Waals surface area contributed by atoms with E-state index in [2.05, 4.69) is 10.1 Å². The van der Waals surface area contributed by atoms with E-state index >= 15 is 0 Å². The van der Waals surface area contributed by atoms with Gasteiger partial charge in [-0.15, -0.1) is 0 Å². The van der Waals surface area contributed by atoms with Crippen LogP contribution in [0.15, 0.2) is 42.7 Å². The Morgan fingerprint density at radius 3 is 2.50 bits per heavy atom. The van der Waals surface area contributed by atoms with Gasteiger partial charge in [0.25, 0.3) is 0 Å². The molecule has 3 aromatic rings. The first kappa shape index (κ1) is 21.2. The molecule has 7 heteroatoms. The van der Waals surface area contributed by atoms with Crippen LogP contribution in [0.1, 0.15) is 57.9 Å². The Balaban J connectivity index is 1.57. The van der Waals surface area contributed by atoms with Crippen LogP contribution in [-0.2, 0) is 16.0 Å². The Kier molecular flexibility index (Phi) is 6.30. The number of hydrogen-bond acceptors (Lipinski definition) is 5. The number of esters is 1. The van der Waals surface area contributed by atoms with E-state index < -0.39 is 12.1 Å². The smallest absolute Gasteiger partial charge is 0.306 e. The van der Waals surface area contributed by atoms with Crippen LogP contribution >= 0.6 is 0 Å². The number of carbonyl (C=O) groups is 3. The molecule has 0 aliphatic heterocycles. The molecule has 7 nitrogen and oxygen atoms in total. The highest BCUT2D eigenvalue weighted by atomic mass is 16.5. The summed E-state index contributed by atoms with van der Waals surface area (Å²) in [6.45, 7) is 6.46. The average molecular weight is 407 g/mol. The van der Waals surface area contributed by atoms with Crippen LogP contribution in [-0.4, -0.2) is 38.4 Å². The monoisotopic (exact) mass is 407 g/mol. The first-order valence-corrected chi connectivity index (χ1v) is 9.80. The van der Waals surface area contributed by atoms with Gasteiger partial charge >= 0.3 is 5.97 Å². The zero-order valence-electron chi connectivity index (χ0n) is 17.6. The highest BCUT2D eigenvalue weighted by Crippen LogP contribution is 2.20. The third-order valence-corrected chi connectivity index (χ3v) is 4.99. The third-order valence-electron chi connectivity index (χ3n) is 4.99. The summed E-state index contributed by atoms with van der Waals surface area (Å²) in [6.07, 6.45) is 3.23. The van der Waals surface area contributed by atoms with Gasteiger partial charge in [0.15, 0.2) is 11.9 Å². The standard InChI is InChI=1S/C23H25N3O4/c1-14-21(16(3)27)15(2)25-22(14)23(29)17(4)30-20(28)11-10-18-12-24-26(13-18)19-8-6-5-7-9-19/h5-9,12-13,17,25H,10-11H2,1-4H3. The largest absolute Gasteiger partial charge is 0.454 e. The van der Waals surface area contributed by atoms with Crippen LogP contribution < -0.4 is 0 Å². The van der Waals surface area contributed by atoms with Gasteiger partial charge in [-0.3, -0.25) is 14.4 Å². The molecule has 0 amide bonds. The third kappa shape index (κ3) is 4.56. The summed E-state index contributed by atoms with van der Waals surface area (Å²) >= 11 is 0. The summed E-state index contributed by atoms with van der Waals surface area (Å²) in [5.41, 5.74) is 3.87. The first-order valence-electron chi connectivity index (χ1n) is 9.80. The Labute approximate surface area is 175 Å². The number of benzene rings is 1. The van der Waals surface area contributed by atoms with Gasteiger partial charge in [-0.25, -0.2) is 4.68 Å². The number of nitrogens with one attached hydrogen (secondary N) is 1. The number of hydrogen-bond donors (Lipinski definition) is 1. The van der Waals surface area contributed by atoms with Crippen molar-refractivity contribution in [2.24, 2.45) is 0 Å². The van der Waals surface area contributed by atoms with Crippen molar-refractivity contribution in [1.29, 1.82) is 0 Å². The topological polar surface area (TPSA) is 94.0 Å². The maximum Gasteiger partial charge on any atom is 0.306 e. The maximum absolute atomic E-state index is 12.7. The van der Waals surface area contributed by atoms with E-state index in [-0.39, 0.29) is 18.0 Å². The van der Waals surface area contributed by atoms with E-state index in [0.29, 0.717) is 28.9 Å². The summed E-state index contributed by atoms with van der Waals surface area (Å²) < 4.78 is 7.07. The molecule has 1 aromatic carbocycles. The van der Waals surface area contributed by atoms with Crippen molar-refractivity contribution in [1.82, 2.24) is 14.8 Å². The lowest BCUT2D eigenvalue weighted by Gasteiger charge is -2.12. The Hall–Kier alpha value is -3.48. The lowest BCUT2D eigenvalue weighted by Crippen LogP contribution is -2.25. The van der Waals surface area contributed by atoms with Crippen LogP contribution in [0.5, 0.6) is 0 Å². The number of carbonyl (C=O) groups excluding carboxylic acids is 3. The lowest BCUT2D eigenvalue weighted by atomic mass is 10.0. The van der Waals surface area contributed by atoms with E-state index in [1.54, 1.807) is 24.7 Å². The molecule has 1 unspecified atom stereocenters. The first-order chi connectivity index (χ1) is 14.3. The SMILES string of the molecule is CC(=O)c1c(C)[nH]c(C(=O)C(C)OC(=O)CCc2cnn(-c3ccccc3)c2)c1C. The zero-order chi connectivity index (χ0) is 21.8. The van der Waals surface area contributed by atoms with Crippen molar-refractivity contribution in [3.8, 4) is 5.69 Å². The van der Waals surface area contributed by atoms with Crippen LogP contribution in [0.3, 0.4) is 0 Å². The van der Waals surface area contributed by atoms with Crippen molar-refractivity contribution in [2.45, 2.75) is 46.6 Å². The molecule has 1 N–H and O–H groups in total. The van der Waals surface area contributed by atoms with Crippen LogP contribution in [0.25, 0.3) is 5.69 Å². The minimum absolute atomic E-state index is 0.110. The van der Waals surface area contributed by atoms with Crippen LogP contribution in [0, 0.1) is 13.8 Å².